The number of rotatable bonds is 8. The second kappa shape index (κ2) is 11.0. The number of carbonyl (C=O) groups excluding carboxylic acids is 1. The van der Waals surface area contributed by atoms with Gasteiger partial charge in [-0.1, -0.05) is 26.0 Å². The third-order valence-corrected chi connectivity index (χ3v) is 7.02. The molecule has 0 bridgehead atoms. The minimum absolute atomic E-state index is 0. The Hall–Kier alpha value is -1.15. The first-order valence-electron chi connectivity index (χ1n) is 9.42. The smallest absolute Gasteiger partial charge is 0.243 e. The average molecular weight is 418 g/mol. The molecule has 0 aromatic heterocycles. The van der Waals surface area contributed by atoms with Crippen molar-refractivity contribution in [2.24, 2.45) is 0 Å². The van der Waals surface area contributed by atoms with Crippen LogP contribution in [0.2, 0.25) is 0 Å². The molecule has 1 unspecified atom stereocenters. The summed E-state index contributed by atoms with van der Waals surface area (Å²) in [7, 11) is -1.63. The Kier molecular flexibility index (Phi) is 9.73. The number of benzene rings is 1. The fourth-order valence-corrected chi connectivity index (χ4v) is 4.53. The molecule has 1 aliphatic heterocycles. The lowest BCUT2D eigenvalue weighted by molar-refractivity contribution is -0.132. The number of nitrogens with zero attached hydrogens (tertiary/aromatic N) is 2. The second-order valence-corrected chi connectivity index (χ2v) is 8.81. The number of hydrogen-bond donors (Lipinski definition) is 1. The van der Waals surface area contributed by atoms with Crippen molar-refractivity contribution < 1.29 is 13.2 Å². The molecule has 27 heavy (non-hydrogen) atoms. The Bertz CT molecular complexity index is 687. The van der Waals surface area contributed by atoms with Gasteiger partial charge in [-0.25, -0.2) is 8.42 Å². The van der Waals surface area contributed by atoms with Gasteiger partial charge in [0.2, 0.25) is 15.9 Å². The summed E-state index contributed by atoms with van der Waals surface area (Å²) >= 11 is 0. The summed E-state index contributed by atoms with van der Waals surface area (Å²) < 4.78 is 27.2. The van der Waals surface area contributed by atoms with Crippen LogP contribution in [-0.2, 0) is 14.8 Å². The van der Waals surface area contributed by atoms with E-state index in [0.29, 0.717) is 43.4 Å². The van der Waals surface area contributed by atoms with Gasteiger partial charge in [-0.3, -0.25) is 4.79 Å². The highest BCUT2D eigenvalue weighted by atomic mass is 35.5. The largest absolute Gasteiger partial charge is 0.340 e. The Labute approximate surface area is 169 Å². The van der Waals surface area contributed by atoms with Crippen LogP contribution in [0, 0.1) is 0 Å². The lowest BCUT2D eigenvalue weighted by atomic mass is 9.99. The summed E-state index contributed by atoms with van der Waals surface area (Å²) in [6.45, 7) is 6.70. The average Bonchev–Trinajstić information content (AvgIpc) is 2.67. The van der Waals surface area contributed by atoms with Gasteiger partial charge in [-0.15, -0.1) is 12.4 Å². The lowest BCUT2D eigenvalue weighted by Crippen LogP contribution is -2.50. The number of amides is 1. The first kappa shape index (κ1) is 23.9. The van der Waals surface area contributed by atoms with E-state index in [1.807, 2.05) is 19.2 Å². The molecule has 1 aromatic carbocycles. The minimum atomic E-state index is -3.50. The molecule has 154 valence electrons. The number of carbonyl (C=O) groups is 1. The van der Waals surface area contributed by atoms with Crippen LogP contribution < -0.4 is 5.32 Å². The molecule has 1 fully saturated rings. The van der Waals surface area contributed by atoms with E-state index in [1.54, 1.807) is 17.0 Å². The molecular weight excluding hydrogens is 386 g/mol. The zero-order chi connectivity index (χ0) is 19.2. The van der Waals surface area contributed by atoms with E-state index in [2.05, 4.69) is 19.2 Å². The summed E-state index contributed by atoms with van der Waals surface area (Å²) in [5.74, 6) is 0.527. The zero-order valence-electron chi connectivity index (χ0n) is 16.5. The summed E-state index contributed by atoms with van der Waals surface area (Å²) in [6.07, 6.45) is 2.33. The van der Waals surface area contributed by atoms with Crippen LogP contribution >= 0.6 is 12.4 Å². The topological polar surface area (TPSA) is 69.7 Å². The Morgan fingerprint density at radius 1 is 1.15 bits per heavy atom. The SMILES string of the molecule is CCC(C)c1ccc(S(=O)(=O)N2CCN(C(=O)CCCNC)CC2)cc1.Cl. The van der Waals surface area contributed by atoms with Gasteiger partial charge < -0.3 is 10.2 Å². The number of hydrogen-bond acceptors (Lipinski definition) is 4. The predicted octanol–water partition coefficient (Wildman–Crippen LogP) is 2.45. The van der Waals surface area contributed by atoms with E-state index in [9.17, 15) is 13.2 Å². The van der Waals surface area contributed by atoms with Crippen LogP contribution in [0.15, 0.2) is 29.2 Å². The maximum absolute atomic E-state index is 12.8. The van der Waals surface area contributed by atoms with E-state index in [-0.39, 0.29) is 18.3 Å². The van der Waals surface area contributed by atoms with Crippen molar-refractivity contribution in [1.29, 1.82) is 0 Å². The third kappa shape index (κ3) is 6.17. The van der Waals surface area contributed by atoms with Crippen molar-refractivity contribution in [2.75, 3.05) is 39.8 Å². The molecule has 1 saturated heterocycles. The fraction of sp³-hybridized carbons (Fsp3) is 0.632. The Balaban J connectivity index is 0.00000364. The molecule has 1 N–H and O–H groups in total. The Morgan fingerprint density at radius 2 is 1.74 bits per heavy atom. The number of halogens is 1. The van der Waals surface area contributed by atoms with Gasteiger partial charge in [-0.05, 0) is 50.0 Å². The third-order valence-electron chi connectivity index (χ3n) is 5.11. The molecule has 0 aliphatic carbocycles. The summed E-state index contributed by atoms with van der Waals surface area (Å²) in [5.41, 5.74) is 1.16. The van der Waals surface area contributed by atoms with Gasteiger partial charge in [0.25, 0.3) is 0 Å². The summed E-state index contributed by atoms with van der Waals surface area (Å²) in [5, 5.41) is 3.03. The van der Waals surface area contributed by atoms with E-state index < -0.39 is 10.0 Å². The van der Waals surface area contributed by atoms with Crippen molar-refractivity contribution >= 4 is 28.3 Å². The monoisotopic (exact) mass is 417 g/mol. The van der Waals surface area contributed by atoms with Crippen LogP contribution in [0.1, 0.15) is 44.6 Å². The van der Waals surface area contributed by atoms with Gasteiger partial charge in [0.1, 0.15) is 0 Å². The van der Waals surface area contributed by atoms with E-state index >= 15 is 0 Å². The number of piperazine rings is 1. The van der Waals surface area contributed by atoms with Crippen LogP contribution in [0.25, 0.3) is 0 Å². The molecule has 0 saturated carbocycles. The first-order valence-corrected chi connectivity index (χ1v) is 10.9. The molecule has 8 heteroatoms. The van der Waals surface area contributed by atoms with Crippen LogP contribution in [0.3, 0.4) is 0 Å². The summed E-state index contributed by atoms with van der Waals surface area (Å²) in [6, 6.07) is 7.21. The number of nitrogens with one attached hydrogen (secondary N) is 1. The van der Waals surface area contributed by atoms with Gasteiger partial charge in [0, 0.05) is 32.6 Å². The first-order chi connectivity index (χ1) is 12.4. The fourth-order valence-electron chi connectivity index (χ4n) is 3.11. The molecule has 1 atom stereocenters. The molecule has 0 spiro atoms. The van der Waals surface area contributed by atoms with Crippen LogP contribution in [0.4, 0.5) is 0 Å². The molecule has 1 aliphatic rings. The minimum Gasteiger partial charge on any atom is -0.340 e. The molecule has 6 nitrogen and oxygen atoms in total. The summed E-state index contributed by atoms with van der Waals surface area (Å²) in [4.78, 5) is 14.3. The zero-order valence-corrected chi connectivity index (χ0v) is 18.1. The normalized spacial score (nSPS) is 16.6. The number of sulfonamides is 1. The molecule has 1 amide bonds. The lowest BCUT2D eigenvalue weighted by Gasteiger charge is -2.34. The maximum atomic E-state index is 12.8. The van der Waals surface area contributed by atoms with Gasteiger partial charge in [-0.2, -0.15) is 4.31 Å². The highest BCUT2D eigenvalue weighted by Crippen LogP contribution is 2.23. The van der Waals surface area contributed by atoms with Crippen molar-refractivity contribution in [2.45, 2.75) is 43.9 Å². The predicted molar refractivity (Wildman–Crippen MR) is 111 cm³/mol. The molecule has 1 heterocycles. The maximum Gasteiger partial charge on any atom is 0.243 e. The van der Waals surface area contributed by atoms with E-state index in [4.69, 9.17) is 0 Å². The quantitative estimate of drug-likeness (QED) is 0.659. The van der Waals surface area contributed by atoms with Crippen LogP contribution in [-0.4, -0.2) is 63.3 Å². The van der Waals surface area contributed by atoms with Gasteiger partial charge in [0.15, 0.2) is 0 Å². The second-order valence-electron chi connectivity index (χ2n) is 6.87. The van der Waals surface area contributed by atoms with E-state index in [1.165, 1.54) is 4.31 Å². The van der Waals surface area contributed by atoms with Crippen LogP contribution in [0.5, 0.6) is 0 Å². The standard InChI is InChI=1S/C19H31N3O3S.ClH/c1-4-16(2)17-7-9-18(10-8-17)26(24,25)22-14-12-21(13-15-22)19(23)6-5-11-20-3;/h7-10,16,20H,4-6,11-15H2,1-3H3;1H. The van der Waals surface area contributed by atoms with Crippen molar-refractivity contribution in [1.82, 2.24) is 14.5 Å². The van der Waals surface area contributed by atoms with E-state index in [0.717, 1.165) is 24.9 Å². The van der Waals surface area contributed by atoms with Crippen molar-refractivity contribution in [3.05, 3.63) is 29.8 Å². The molecule has 2 rings (SSSR count). The van der Waals surface area contributed by atoms with Gasteiger partial charge >= 0.3 is 0 Å². The molecular formula is C19H32ClN3O3S. The van der Waals surface area contributed by atoms with Crippen molar-refractivity contribution in [3.63, 3.8) is 0 Å². The van der Waals surface area contributed by atoms with Crippen molar-refractivity contribution in [3.8, 4) is 0 Å². The Morgan fingerprint density at radius 3 is 2.26 bits per heavy atom. The van der Waals surface area contributed by atoms with Gasteiger partial charge in [0.05, 0.1) is 4.90 Å². The molecule has 1 aromatic rings. The highest BCUT2D eigenvalue weighted by molar-refractivity contribution is 7.89. The highest BCUT2D eigenvalue weighted by Gasteiger charge is 2.29. The molecule has 0 radical (unpaired) electrons.